The van der Waals surface area contributed by atoms with E-state index in [0.29, 0.717) is 17.1 Å². The third kappa shape index (κ3) is 6.01. The first-order valence-electron chi connectivity index (χ1n) is 9.55. The minimum Gasteiger partial charge on any atom is -0.370 e. The molecular formula is C21H27ClFN3O2+2. The van der Waals surface area contributed by atoms with Gasteiger partial charge >= 0.3 is 0 Å². The zero-order valence-electron chi connectivity index (χ0n) is 16.1. The third-order valence-corrected chi connectivity index (χ3v) is 5.25. The lowest BCUT2D eigenvalue weighted by Crippen LogP contribution is -3.12. The van der Waals surface area contributed by atoms with E-state index in [1.165, 1.54) is 16.5 Å². The predicted octanol–water partition coefficient (Wildman–Crippen LogP) is 0.548. The molecular weight excluding hydrogens is 381 g/mol. The van der Waals surface area contributed by atoms with E-state index in [2.05, 4.69) is 5.32 Å². The molecule has 1 unspecified atom stereocenters. The van der Waals surface area contributed by atoms with Gasteiger partial charge in [-0.05, 0) is 24.3 Å². The van der Waals surface area contributed by atoms with E-state index in [9.17, 15) is 9.18 Å². The van der Waals surface area contributed by atoms with Crippen LogP contribution in [0.5, 0.6) is 0 Å². The number of likely N-dealkylation sites (N-methyl/N-ethyl adjacent to an activating group) is 1. The fourth-order valence-electron chi connectivity index (χ4n) is 3.38. The number of rotatable bonds is 7. The summed E-state index contributed by atoms with van der Waals surface area (Å²) < 4.78 is 19.3. The van der Waals surface area contributed by atoms with Crippen LogP contribution in [0.3, 0.4) is 0 Å². The van der Waals surface area contributed by atoms with Crippen LogP contribution in [0.2, 0.25) is 5.02 Å². The maximum Gasteiger partial charge on any atom is 0.279 e. The number of hydrogen-bond donors (Lipinski definition) is 3. The average Bonchev–Trinajstić information content (AvgIpc) is 2.67. The Bertz CT molecular complexity index is 774. The molecule has 28 heavy (non-hydrogen) atoms. The van der Waals surface area contributed by atoms with Crippen LogP contribution >= 0.6 is 11.6 Å². The first kappa shape index (κ1) is 20.7. The minimum atomic E-state index is -0.342. The molecule has 1 amide bonds. The van der Waals surface area contributed by atoms with Crippen molar-refractivity contribution in [2.24, 2.45) is 0 Å². The zero-order valence-corrected chi connectivity index (χ0v) is 16.8. The summed E-state index contributed by atoms with van der Waals surface area (Å²) in [7, 11) is 1.84. The van der Waals surface area contributed by atoms with Crippen molar-refractivity contribution in [3.8, 4) is 0 Å². The highest BCUT2D eigenvalue weighted by Gasteiger charge is 2.16. The number of hydrogen-bond acceptors (Lipinski definition) is 2. The number of anilines is 1. The SMILES string of the molecule is C[NH+](CC(=O)Nc1ccc(C[NH+]2CCOCC2)cc1)Cc1c(F)cccc1Cl. The van der Waals surface area contributed by atoms with E-state index in [4.69, 9.17) is 16.3 Å². The van der Waals surface area contributed by atoms with Crippen LogP contribution in [0, 0.1) is 5.82 Å². The Balaban J connectivity index is 1.48. The van der Waals surface area contributed by atoms with Crippen LogP contribution < -0.4 is 15.1 Å². The van der Waals surface area contributed by atoms with E-state index in [1.54, 1.807) is 12.1 Å². The summed E-state index contributed by atoms with van der Waals surface area (Å²) in [5.74, 6) is -0.457. The first-order chi connectivity index (χ1) is 13.5. The molecule has 0 aliphatic carbocycles. The maximum atomic E-state index is 13.9. The molecule has 0 spiro atoms. The second-order valence-electron chi connectivity index (χ2n) is 7.30. The van der Waals surface area contributed by atoms with E-state index in [1.807, 2.05) is 31.3 Å². The van der Waals surface area contributed by atoms with Crippen LogP contribution in [0.25, 0.3) is 0 Å². The highest BCUT2D eigenvalue weighted by molar-refractivity contribution is 6.31. The van der Waals surface area contributed by atoms with Gasteiger partial charge < -0.3 is 19.9 Å². The average molecular weight is 408 g/mol. The summed E-state index contributed by atoms with van der Waals surface area (Å²) in [6.07, 6.45) is 0. The van der Waals surface area contributed by atoms with Crippen LogP contribution in [-0.2, 0) is 22.6 Å². The van der Waals surface area contributed by atoms with Crippen molar-refractivity contribution < 1.29 is 23.7 Å². The summed E-state index contributed by atoms with van der Waals surface area (Å²) in [5.41, 5.74) is 2.44. The summed E-state index contributed by atoms with van der Waals surface area (Å²) in [6.45, 7) is 5.23. The van der Waals surface area contributed by atoms with Crippen LogP contribution in [-0.4, -0.2) is 45.8 Å². The molecule has 0 radical (unpaired) electrons. The number of carbonyl (C=O) groups is 1. The largest absolute Gasteiger partial charge is 0.370 e. The van der Waals surface area contributed by atoms with Crippen molar-refractivity contribution >= 4 is 23.2 Å². The van der Waals surface area contributed by atoms with Gasteiger partial charge in [-0.3, -0.25) is 4.79 Å². The number of carbonyl (C=O) groups excluding carboxylic acids is 1. The fraction of sp³-hybridized carbons (Fsp3) is 0.381. The number of halogens is 2. The molecule has 3 rings (SSSR count). The Kier molecular flexibility index (Phi) is 7.39. The number of ether oxygens (including phenoxy) is 1. The second kappa shape index (κ2) is 9.98. The lowest BCUT2D eigenvalue weighted by Gasteiger charge is -2.23. The van der Waals surface area contributed by atoms with Gasteiger partial charge in [0.2, 0.25) is 0 Å². The quantitative estimate of drug-likeness (QED) is 0.627. The van der Waals surface area contributed by atoms with Gasteiger partial charge in [0.1, 0.15) is 32.0 Å². The molecule has 2 aromatic carbocycles. The molecule has 0 aromatic heterocycles. The molecule has 2 aromatic rings. The topological polar surface area (TPSA) is 47.2 Å². The Morgan fingerprint density at radius 1 is 1.21 bits per heavy atom. The first-order valence-corrected chi connectivity index (χ1v) is 9.93. The summed E-state index contributed by atoms with van der Waals surface area (Å²) in [4.78, 5) is 14.7. The molecule has 0 bridgehead atoms. The Labute approximate surface area is 170 Å². The van der Waals surface area contributed by atoms with Gasteiger partial charge in [-0.15, -0.1) is 0 Å². The number of nitrogens with one attached hydrogen (secondary N) is 3. The highest BCUT2D eigenvalue weighted by atomic mass is 35.5. The van der Waals surface area contributed by atoms with E-state index in [-0.39, 0.29) is 18.3 Å². The molecule has 3 N–H and O–H groups in total. The van der Waals surface area contributed by atoms with Gasteiger partial charge in [0, 0.05) is 11.3 Å². The van der Waals surface area contributed by atoms with Gasteiger partial charge in [0.15, 0.2) is 6.54 Å². The lowest BCUT2D eigenvalue weighted by atomic mass is 10.2. The standard InChI is InChI=1S/C21H25ClFN3O2/c1-25(14-18-19(22)3-2-4-20(18)23)15-21(27)24-17-7-5-16(6-8-17)13-26-9-11-28-12-10-26/h2-8H,9-15H2,1H3,(H,24,27)/p+2. The van der Waals surface area contributed by atoms with Crippen molar-refractivity contribution in [2.45, 2.75) is 13.1 Å². The number of quaternary nitrogens is 2. The Morgan fingerprint density at radius 3 is 2.61 bits per heavy atom. The van der Waals surface area contributed by atoms with Gasteiger partial charge in [0.25, 0.3) is 5.91 Å². The monoisotopic (exact) mass is 407 g/mol. The van der Waals surface area contributed by atoms with Gasteiger partial charge in [-0.2, -0.15) is 0 Å². The lowest BCUT2D eigenvalue weighted by molar-refractivity contribution is -0.921. The molecule has 7 heteroatoms. The zero-order chi connectivity index (χ0) is 19.9. The molecule has 1 saturated heterocycles. The summed E-state index contributed by atoms with van der Waals surface area (Å²) in [6, 6.07) is 12.6. The van der Waals surface area contributed by atoms with Crippen LogP contribution in [0.1, 0.15) is 11.1 Å². The van der Waals surface area contributed by atoms with Gasteiger partial charge in [0.05, 0.1) is 30.8 Å². The fourth-order valence-corrected chi connectivity index (χ4v) is 3.61. The maximum absolute atomic E-state index is 13.9. The van der Waals surface area contributed by atoms with Gasteiger partial charge in [-0.25, -0.2) is 4.39 Å². The van der Waals surface area contributed by atoms with E-state index in [0.717, 1.165) is 43.4 Å². The highest BCUT2D eigenvalue weighted by Crippen LogP contribution is 2.17. The van der Waals surface area contributed by atoms with Crippen molar-refractivity contribution in [3.05, 3.63) is 64.4 Å². The smallest absolute Gasteiger partial charge is 0.279 e. The molecule has 1 fully saturated rings. The second-order valence-corrected chi connectivity index (χ2v) is 7.70. The molecule has 1 aliphatic heterocycles. The van der Waals surface area contributed by atoms with Gasteiger partial charge in [-0.1, -0.05) is 29.8 Å². The summed E-state index contributed by atoms with van der Waals surface area (Å²) >= 11 is 6.06. The Hall–Kier alpha value is -1.99. The minimum absolute atomic E-state index is 0.114. The van der Waals surface area contributed by atoms with E-state index >= 15 is 0 Å². The van der Waals surface area contributed by atoms with Crippen molar-refractivity contribution in [1.29, 1.82) is 0 Å². The third-order valence-electron chi connectivity index (χ3n) is 4.89. The van der Waals surface area contributed by atoms with Crippen LogP contribution in [0.4, 0.5) is 10.1 Å². The summed E-state index contributed by atoms with van der Waals surface area (Å²) in [5, 5.41) is 3.29. The predicted molar refractivity (Wildman–Crippen MR) is 107 cm³/mol. The molecule has 1 atom stereocenters. The van der Waals surface area contributed by atoms with Crippen molar-refractivity contribution in [3.63, 3.8) is 0 Å². The number of morpholine rings is 1. The normalized spacial score (nSPS) is 16.0. The van der Waals surface area contributed by atoms with Crippen molar-refractivity contribution in [1.82, 2.24) is 0 Å². The molecule has 5 nitrogen and oxygen atoms in total. The molecule has 0 saturated carbocycles. The van der Waals surface area contributed by atoms with Crippen LogP contribution in [0.15, 0.2) is 42.5 Å². The molecule has 150 valence electrons. The molecule has 1 aliphatic rings. The number of benzene rings is 2. The Morgan fingerprint density at radius 2 is 1.93 bits per heavy atom. The molecule has 1 heterocycles. The van der Waals surface area contributed by atoms with Crippen molar-refractivity contribution in [2.75, 3.05) is 45.2 Å². The number of amides is 1. The van der Waals surface area contributed by atoms with E-state index < -0.39 is 0 Å².